The number of carboxylic acids is 1. The van der Waals surface area contributed by atoms with Crippen molar-refractivity contribution in [3.8, 4) is 0 Å². The molecule has 0 bridgehead atoms. The van der Waals surface area contributed by atoms with Crippen LogP contribution in [0.2, 0.25) is 0 Å². The van der Waals surface area contributed by atoms with Crippen LogP contribution in [-0.4, -0.2) is 36.5 Å². The molecule has 0 aliphatic carbocycles. The Morgan fingerprint density at radius 2 is 2.00 bits per heavy atom. The molecular formula is C4H10LiNO2Rh. The first-order valence-corrected chi connectivity index (χ1v) is 2.19. The van der Waals surface area contributed by atoms with Gasteiger partial charge in [-0.2, -0.15) is 0 Å². The van der Waals surface area contributed by atoms with Crippen LogP contribution in [0.3, 0.4) is 0 Å². The second-order valence-electron chi connectivity index (χ2n) is 1.29. The van der Waals surface area contributed by atoms with Gasteiger partial charge in [-0.25, -0.2) is 0 Å². The van der Waals surface area contributed by atoms with Crippen molar-refractivity contribution in [3.05, 3.63) is 0 Å². The zero-order chi connectivity index (χ0) is 5.70. The third kappa shape index (κ3) is 17.7. The summed E-state index contributed by atoms with van der Waals surface area (Å²) in [4.78, 5) is 9.70. The fraction of sp³-hybridized carbons (Fsp3) is 0.750. The van der Waals surface area contributed by atoms with E-state index in [1.807, 2.05) is 0 Å². The van der Waals surface area contributed by atoms with Crippen molar-refractivity contribution < 1.29 is 29.4 Å². The zero-order valence-electron chi connectivity index (χ0n) is 4.39. The molecule has 3 N–H and O–H groups in total. The number of aliphatic carboxylic acids is 1. The van der Waals surface area contributed by atoms with Crippen molar-refractivity contribution in [1.82, 2.24) is 0 Å². The van der Waals surface area contributed by atoms with Crippen LogP contribution in [0.15, 0.2) is 0 Å². The second-order valence-corrected chi connectivity index (χ2v) is 1.29. The smallest absolute Gasteiger partial charge is 0 e. The van der Waals surface area contributed by atoms with E-state index in [9.17, 15) is 4.79 Å². The van der Waals surface area contributed by atoms with Gasteiger partial charge < -0.3 is 10.8 Å². The van der Waals surface area contributed by atoms with Crippen molar-refractivity contribution in [3.63, 3.8) is 0 Å². The van der Waals surface area contributed by atoms with Crippen LogP contribution in [0, 0.1) is 0 Å². The Bertz CT molecular complexity index is 71.6. The van der Waals surface area contributed by atoms with E-state index in [1.165, 1.54) is 0 Å². The first kappa shape index (κ1) is 16.3. The van der Waals surface area contributed by atoms with Crippen molar-refractivity contribution >= 4 is 24.8 Å². The normalized spacial score (nSPS) is 6.78. The SMILES string of the molecule is NCCCC(=O)O.[LiH].[Rh]. The largest absolute Gasteiger partial charge is 0 e. The molecule has 0 saturated heterocycles. The molecule has 0 aromatic carbocycles. The molecule has 0 heterocycles. The van der Waals surface area contributed by atoms with E-state index in [2.05, 4.69) is 0 Å². The van der Waals surface area contributed by atoms with Gasteiger partial charge in [0.1, 0.15) is 0 Å². The van der Waals surface area contributed by atoms with Gasteiger partial charge in [-0.3, -0.25) is 4.79 Å². The molecule has 0 aromatic heterocycles. The minimum absolute atomic E-state index is 0. The molecule has 53 valence electrons. The Morgan fingerprint density at radius 3 is 2.11 bits per heavy atom. The predicted octanol–water partition coefficient (Wildman–Crippen LogP) is -0.841. The summed E-state index contributed by atoms with van der Waals surface area (Å²) in [7, 11) is 0. The number of hydrogen-bond acceptors (Lipinski definition) is 2. The van der Waals surface area contributed by atoms with E-state index < -0.39 is 5.97 Å². The molecule has 3 nitrogen and oxygen atoms in total. The van der Waals surface area contributed by atoms with E-state index in [1.54, 1.807) is 0 Å². The second kappa shape index (κ2) is 11.4. The van der Waals surface area contributed by atoms with E-state index in [0.717, 1.165) is 0 Å². The van der Waals surface area contributed by atoms with Crippen LogP contribution >= 0.6 is 0 Å². The van der Waals surface area contributed by atoms with Gasteiger partial charge in [0.25, 0.3) is 0 Å². The molecule has 0 atom stereocenters. The van der Waals surface area contributed by atoms with Crippen LogP contribution < -0.4 is 5.73 Å². The predicted molar refractivity (Wildman–Crippen MR) is 33.1 cm³/mol. The Morgan fingerprint density at radius 1 is 1.56 bits per heavy atom. The van der Waals surface area contributed by atoms with Gasteiger partial charge in [0.15, 0.2) is 0 Å². The summed E-state index contributed by atoms with van der Waals surface area (Å²) in [6.45, 7) is 0.465. The summed E-state index contributed by atoms with van der Waals surface area (Å²) in [6.07, 6.45) is 0.770. The first-order chi connectivity index (χ1) is 3.27. The number of rotatable bonds is 3. The van der Waals surface area contributed by atoms with Crippen molar-refractivity contribution in [2.45, 2.75) is 12.8 Å². The maximum Gasteiger partial charge on any atom is 0 e. The number of hydrogen-bond donors (Lipinski definition) is 2. The van der Waals surface area contributed by atoms with Gasteiger partial charge in [0.05, 0.1) is 0 Å². The summed E-state index contributed by atoms with van der Waals surface area (Å²) >= 11 is 0. The number of carboxylic acid groups (broad SMARTS) is 1. The number of carbonyl (C=O) groups is 1. The first-order valence-electron chi connectivity index (χ1n) is 2.19. The molecule has 0 amide bonds. The molecule has 5 heteroatoms. The number of nitrogens with two attached hydrogens (primary N) is 1. The fourth-order valence-corrected chi connectivity index (χ4v) is 0.253. The molecule has 0 aliphatic rings. The average molecular weight is 214 g/mol. The summed E-state index contributed by atoms with van der Waals surface area (Å²) in [5, 5.41) is 7.99. The van der Waals surface area contributed by atoms with E-state index in [0.29, 0.717) is 13.0 Å². The van der Waals surface area contributed by atoms with Gasteiger partial charge in [-0.15, -0.1) is 0 Å². The van der Waals surface area contributed by atoms with Gasteiger partial charge >= 0.3 is 24.8 Å². The van der Waals surface area contributed by atoms with Crippen molar-refractivity contribution in [1.29, 1.82) is 0 Å². The quantitative estimate of drug-likeness (QED) is 0.602. The van der Waals surface area contributed by atoms with Crippen LogP contribution in [-0.2, 0) is 24.3 Å². The summed E-state index contributed by atoms with van der Waals surface area (Å²) in [5.74, 6) is -0.773. The zero-order valence-corrected chi connectivity index (χ0v) is 6.03. The summed E-state index contributed by atoms with van der Waals surface area (Å²) in [6, 6.07) is 0. The third-order valence-electron chi connectivity index (χ3n) is 0.595. The van der Waals surface area contributed by atoms with Gasteiger partial charge in [0.2, 0.25) is 0 Å². The standard InChI is InChI=1S/C4H9NO2.Li.Rh.H/c5-3-1-2-4(6)7;;;/h1-3,5H2,(H,6,7);;;. The molecular weight excluding hydrogens is 204 g/mol. The van der Waals surface area contributed by atoms with Crippen molar-refractivity contribution in [2.24, 2.45) is 5.73 Å². The molecule has 0 saturated carbocycles. The van der Waals surface area contributed by atoms with Crippen molar-refractivity contribution in [2.75, 3.05) is 6.54 Å². The molecule has 9 heavy (non-hydrogen) atoms. The van der Waals surface area contributed by atoms with E-state index in [4.69, 9.17) is 10.8 Å². The maximum absolute atomic E-state index is 9.70. The maximum atomic E-state index is 9.70. The van der Waals surface area contributed by atoms with Gasteiger partial charge in [-0.05, 0) is 13.0 Å². The van der Waals surface area contributed by atoms with Crippen LogP contribution in [0.1, 0.15) is 12.8 Å². The average Bonchev–Trinajstić information content (AvgIpc) is 1.61. The molecule has 0 aromatic rings. The molecule has 0 unspecified atom stereocenters. The van der Waals surface area contributed by atoms with E-state index >= 15 is 0 Å². The molecule has 0 rings (SSSR count). The minimum Gasteiger partial charge on any atom is 0 e. The fourth-order valence-electron chi connectivity index (χ4n) is 0.253. The molecule has 0 aliphatic heterocycles. The Balaban J connectivity index is -0.000000180. The third-order valence-corrected chi connectivity index (χ3v) is 0.595. The summed E-state index contributed by atoms with van der Waals surface area (Å²) < 4.78 is 0. The Hall–Kier alpha value is 0.651. The van der Waals surface area contributed by atoms with Crippen LogP contribution in [0.25, 0.3) is 0 Å². The molecule has 0 fully saturated rings. The van der Waals surface area contributed by atoms with E-state index in [-0.39, 0.29) is 44.8 Å². The van der Waals surface area contributed by atoms with Crippen LogP contribution in [0.4, 0.5) is 0 Å². The minimum atomic E-state index is -0.773. The van der Waals surface area contributed by atoms with Gasteiger partial charge in [0, 0.05) is 25.9 Å². The Kier molecular flexibility index (Phi) is 20.8. The summed E-state index contributed by atoms with van der Waals surface area (Å²) in [5.41, 5.74) is 5.01. The van der Waals surface area contributed by atoms with Gasteiger partial charge in [-0.1, -0.05) is 0 Å². The topological polar surface area (TPSA) is 63.3 Å². The molecule has 0 spiro atoms. The molecule has 1 radical (unpaired) electrons. The van der Waals surface area contributed by atoms with Crippen LogP contribution in [0.5, 0.6) is 0 Å². The monoisotopic (exact) mass is 214 g/mol. The Labute approximate surface area is 79.3 Å².